The van der Waals surface area contributed by atoms with Gasteiger partial charge in [0, 0.05) is 45.4 Å². The Kier molecular flexibility index (Phi) is 6.13. The van der Waals surface area contributed by atoms with Crippen LogP contribution in [0.3, 0.4) is 0 Å². The topological polar surface area (TPSA) is 49.9 Å². The monoisotopic (exact) mass is 344 g/mol. The molecule has 1 fully saturated rings. The summed E-state index contributed by atoms with van der Waals surface area (Å²) in [4.78, 5) is 2.46. The Hall–Kier alpha value is -1.02. The van der Waals surface area contributed by atoms with Crippen molar-refractivity contribution >= 4 is 10.0 Å². The van der Waals surface area contributed by atoms with Crippen LogP contribution in [-0.2, 0) is 14.8 Å². The lowest BCUT2D eigenvalue weighted by atomic mass is 10.1. The molecule has 130 valence electrons. The molecule has 2 unspecified atom stereocenters. The summed E-state index contributed by atoms with van der Waals surface area (Å²) in [6.45, 7) is 6.55. The molecule has 0 radical (unpaired) electrons. The zero-order valence-electron chi connectivity index (χ0n) is 13.9. The van der Waals surface area contributed by atoms with Crippen LogP contribution < -0.4 is 0 Å². The highest BCUT2D eigenvalue weighted by molar-refractivity contribution is 7.89. The van der Waals surface area contributed by atoms with Gasteiger partial charge in [-0.25, -0.2) is 12.8 Å². The Morgan fingerprint density at radius 3 is 2.26 bits per heavy atom. The van der Waals surface area contributed by atoms with E-state index in [2.05, 4.69) is 4.90 Å². The lowest BCUT2D eigenvalue weighted by Gasteiger charge is -2.43. The van der Waals surface area contributed by atoms with Crippen molar-refractivity contribution in [1.29, 1.82) is 0 Å². The highest BCUT2D eigenvalue weighted by Crippen LogP contribution is 2.23. The average molecular weight is 344 g/mol. The summed E-state index contributed by atoms with van der Waals surface area (Å²) in [6.07, 6.45) is 0.926. The second kappa shape index (κ2) is 7.70. The van der Waals surface area contributed by atoms with E-state index < -0.39 is 15.8 Å². The van der Waals surface area contributed by atoms with E-state index in [0.29, 0.717) is 19.7 Å². The zero-order valence-corrected chi connectivity index (χ0v) is 14.7. The minimum atomic E-state index is -3.58. The summed E-state index contributed by atoms with van der Waals surface area (Å²) in [5.74, 6) is -0.436. The first-order valence-electron chi connectivity index (χ1n) is 7.86. The highest BCUT2D eigenvalue weighted by atomic mass is 32.2. The number of benzene rings is 1. The normalized spacial score (nSPS) is 24.0. The fourth-order valence-corrected chi connectivity index (χ4v) is 4.69. The number of piperazine rings is 1. The van der Waals surface area contributed by atoms with E-state index in [1.165, 1.54) is 28.6 Å². The molecule has 0 amide bonds. The molecular weight excluding hydrogens is 319 g/mol. The van der Waals surface area contributed by atoms with Gasteiger partial charge in [-0.05, 0) is 44.5 Å². The maximum absolute atomic E-state index is 13.0. The summed E-state index contributed by atoms with van der Waals surface area (Å²) < 4.78 is 45.0. The molecule has 5 nitrogen and oxygen atoms in total. The first kappa shape index (κ1) is 18.3. The van der Waals surface area contributed by atoms with Gasteiger partial charge in [0.25, 0.3) is 0 Å². The van der Waals surface area contributed by atoms with Crippen molar-refractivity contribution in [2.24, 2.45) is 0 Å². The van der Waals surface area contributed by atoms with Gasteiger partial charge in [-0.3, -0.25) is 4.90 Å². The molecule has 2 rings (SSSR count). The molecule has 2 atom stereocenters. The third kappa shape index (κ3) is 4.29. The van der Waals surface area contributed by atoms with E-state index in [-0.39, 0.29) is 17.0 Å². The fourth-order valence-electron chi connectivity index (χ4n) is 3.09. The van der Waals surface area contributed by atoms with Crippen molar-refractivity contribution in [2.45, 2.75) is 37.2 Å². The van der Waals surface area contributed by atoms with Crippen LogP contribution in [-0.4, -0.2) is 63.1 Å². The van der Waals surface area contributed by atoms with Crippen LogP contribution in [0.4, 0.5) is 4.39 Å². The van der Waals surface area contributed by atoms with Crippen LogP contribution in [0, 0.1) is 5.82 Å². The molecule has 7 heteroatoms. The van der Waals surface area contributed by atoms with Crippen molar-refractivity contribution < 1.29 is 17.5 Å². The van der Waals surface area contributed by atoms with Crippen LogP contribution in [0.1, 0.15) is 20.3 Å². The van der Waals surface area contributed by atoms with Crippen molar-refractivity contribution in [3.63, 3.8) is 0 Å². The van der Waals surface area contributed by atoms with Crippen molar-refractivity contribution in [3.8, 4) is 0 Å². The predicted octanol–water partition coefficient (Wildman–Crippen LogP) is 1.95. The standard InChI is InChI=1S/C16H25FN2O3S/c1-13-11-18(12-14(2)19(13)9-4-10-22-3)23(20,21)16-7-5-15(17)6-8-16/h5-8,13-14H,4,9-12H2,1-3H3. The van der Waals surface area contributed by atoms with Crippen LogP contribution >= 0.6 is 0 Å². The third-order valence-corrected chi connectivity index (χ3v) is 6.13. The fraction of sp³-hybridized carbons (Fsp3) is 0.625. The lowest BCUT2D eigenvalue weighted by Crippen LogP contribution is -2.58. The Morgan fingerprint density at radius 1 is 1.17 bits per heavy atom. The van der Waals surface area contributed by atoms with Crippen LogP contribution in [0.2, 0.25) is 0 Å². The lowest BCUT2D eigenvalue weighted by molar-refractivity contribution is 0.0666. The Morgan fingerprint density at radius 2 is 1.74 bits per heavy atom. The summed E-state index contributed by atoms with van der Waals surface area (Å²) in [6, 6.07) is 5.27. The molecular formula is C16H25FN2O3S. The number of nitrogens with zero attached hydrogens (tertiary/aromatic N) is 2. The number of halogens is 1. The number of methoxy groups -OCH3 is 1. The minimum absolute atomic E-state index is 0.130. The second-order valence-corrected chi connectivity index (χ2v) is 8.00. The van der Waals surface area contributed by atoms with Gasteiger partial charge < -0.3 is 4.74 Å². The number of ether oxygens (including phenoxy) is 1. The molecule has 23 heavy (non-hydrogen) atoms. The zero-order chi connectivity index (χ0) is 17.0. The number of hydrogen-bond acceptors (Lipinski definition) is 4. The molecule has 0 saturated carbocycles. The number of rotatable bonds is 6. The van der Waals surface area contributed by atoms with Crippen LogP contribution in [0.15, 0.2) is 29.2 Å². The van der Waals surface area contributed by atoms with Gasteiger partial charge in [0.2, 0.25) is 10.0 Å². The van der Waals surface area contributed by atoms with Gasteiger partial charge in [0.1, 0.15) is 5.82 Å². The van der Waals surface area contributed by atoms with E-state index in [1.807, 2.05) is 13.8 Å². The highest BCUT2D eigenvalue weighted by Gasteiger charge is 2.35. The number of sulfonamides is 1. The molecule has 0 spiro atoms. The van der Waals surface area contributed by atoms with Crippen molar-refractivity contribution in [1.82, 2.24) is 9.21 Å². The molecule has 1 aromatic rings. The van der Waals surface area contributed by atoms with Gasteiger partial charge in [-0.1, -0.05) is 0 Å². The molecule has 1 heterocycles. The van der Waals surface area contributed by atoms with Gasteiger partial charge in [-0.2, -0.15) is 4.31 Å². The van der Waals surface area contributed by atoms with Gasteiger partial charge in [-0.15, -0.1) is 0 Å². The maximum Gasteiger partial charge on any atom is 0.243 e. The first-order chi connectivity index (χ1) is 10.9. The first-order valence-corrected chi connectivity index (χ1v) is 9.30. The van der Waals surface area contributed by atoms with Crippen molar-refractivity contribution in [3.05, 3.63) is 30.1 Å². The van der Waals surface area contributed by atoms with Gasteiger partial charge in [0.15, 0.2) is 0 Å². The molecule has 1 saturated heterocycles. The molecule has 1 aromatic carbocycles. The minimum Gasteiger partial charge on any atom is -0.385 e. The van der Waals surface area contributed by atoms with E-state index in [4.69, 9.17) is 4.74 Å². The van der Waals surface area contributed by atoms with Gasteiger partial charge in [0.05, 0.1) is 4.90 Å². The predicted molar refractivity (Wildman–Crippen MR) is 87.3 cm³/mol. The maximum atomic E-state index is 13.0. The largest absolute Gasteiger partial charge is 0.385 e. The third-order valence-electron chi connectivity index (χ3n) is 4.28. The molecule has 0 N–H and O–H groups in total. The summed E-state index contributed by atoms with van der Waals surface area (Å²) >= 11 is 0. The van der Waals surface area contributed by atoms with E-state index in [1.54, 1.807) is 7.11 Å². The Bertz CT molecular complexity index is 594. The smallest absolute Gasteiger partial charge is 0.243 e. The molecule has 0 aromatic heterocycles. The molecule has 1 aliphatic heterocycles. The quantitative estimate of drug-likeness (QED) is 0.740. The van der Waals surface area contributed by atoms with E-state index in [9.17, 15) is 12.8 Å². The Labute approximate surface area is 138 Å². The summed E-state index contributed by atoms with van der Waals surface area (Å²) in [7, 11) is -1.90. The summed E-state index contributed by atoms with van der Waals surface area (Å²) in [5, 5.41) is 0. The second-order valence-electron chi connectivity index (χ2n) is 6.06. The SMILES string of the molecule is COCCCN1C(C)CN(S(=O)(=O)c2ccc(F)cc2)CC1C. The van der Waals surface area contributed by atoms with Gasteiger partial charge >= 0.3 is 0 Å². The van der Waals surface area contributed by atoms with Crippen LogP contribution in [0.5, 0.6) is 0 Å². The van der Waals surface area contributed by atoms with E-state index in [0.717, 1.165) is 13.0 Å². The van der Waals surface area contributed by atoms with Crippen LogP contribution in [0.25, 0.3) is 0 Å². The molecule has 0 aliphatic carbocycles. The molecule has 0 bridgehead atoms. The van der Waals surface area contributed by atoms with Crippen molar-refractivity contribution in [2.75, 3.05) is 33.4 Å². The summed E-state index contributed by atoms with van der Waals surface area (Å²) in [5.41, 5.74) is 0. The average Bonchev–Trinajstić information content (AvgIpc) is 2.50. The number of hydrogen-bond donors (Lipinski definition) is 0. The Balaban J connectivity index is 2.09. The van der Waals surface area contributed by atoms with E-state index >= 15 is 0 Å². The molecule has 1 aliphatic rings.